The van der Waals surface area contributed by atoms with E-state index in [1.165, 1.54) is 6.92 Å². The summed E-state index contributed by atoms with van der Waals surface area (Å²) in [5.41, 5.74) is 0. The Morgan fingerprint density at radius 3 is 2.45 bits per heavy atom. The van der Waals surface area contributed by atoms with E-state index in [-0.39, 0.29) is 12.2 Å². The van der Waals surface area contributed by atoms with E-state index in [1.54, 1.807) is 0 Å². The molecule has 0 heterocycles. The zero-order valence-corrected chi connectivity index (χ0v) is 6.15. The van der Waals surface area contributed by atoms with Crippen LogP contribution in [0.25, 0.3) is 0 Å². The molecule has 62 valence electrons. The Bertz CT molecular complexity index is 183. The summed E-state index contributed by atoms with van der Waals surface area (Å²) in [4.78, 5) is 20.3. The second-order valence-corrected chi connectivity index (χ2v) is 2.13. The fraction of sp³-hybridized carbons (Fsp3) is 0.429. The van der Waals surface area contributed by atoms with E-state index in [1.807, 2.05) is 0 Å². The number of aliphatic hydroxyl groups is 1. The van der Waals surface area contributed by atoms with Gasteiger partial charge in [0.25, 0.3) is 0 Å². The highest BCUT2D eigenvalue weighted by Crippen LogP contribution is 1.93. The van der Waals surface area contributed by atoms with Crippen molar-refractivity contribution in [3.05, 3.63) is 12.2 Å². The summed E-state index contributed by atoms with van der Waals surface area (Å²) in [5.74, 6) is -1.31. The number of carbonyl (C=O) groups excluding carboxylic acids is 1. The molecular weight excluding hydrogens is 148 g/mol. The number of aliphatic hydroxyl groups excluding tert-OH is 1. The van der Waals surface area contributed by atoms with Crippen molar-refractivity contribution in [1.29, 1.82) is 0 Å². The molecule has 0 saturated heterocycles. The largest absolute Gasteiger partial charge is 0.481 e. The highest BCUT2D eigenvalue weighted by Gasteiger charge is 2.04. The van der Waals surface area contributed by atoms with Crippen LogP contribution < -0.4 is 0 Å². The van der Waals surface area contributed by atoms with E-state index in [0.717, 1.165) is 12.2 Å². The molecule has 2 N–H and O–H groups in total. The summed E-state index contributed by atoms with van der Waals surface area (Å²) in [6, 6.07) is 0. The third-order valence-electron chi connectivity index (χ3n) is 0.937. The van der Waals surface area contributed by atoms with E-state index in [4.69, 9.17) is 10.2 Å². The van der Waals surface area contributed by atoms with Crippen molar-refractivity contribution in [2.24, 2.45) is 0 Å². The molecule has 1 unspecified atom stereocenters. The lowest BCUT2D eigenvalue weighted by atomic mass is 10.2. The average Bonchev–Trinajstić information content (AvgIpc) is 1.82. The molecule has 0 spiro atoms. The standard InChI is InChI=1S/C7H10O4/c1-5(8)2-3-6(9)4-7(10)11/h2-3,6,9H,4H2,1H3,(H,10,11)/b3-2+. The first-order valence-electron chi connectivity index (χ1n) is 3.11. The number of allylic oxidation sites excluding steroid dienone is 1. The van der Waals surface area contributed by atoms with Crippen molar-refractivity contribution < 1.29 is 19.8 Å². The number of hydrogen-bond acceptors (Lipinski definition) is 3. The maximum absolute atomic E-state index is 10.3. The molecule has 0 amide bonds. The van der Waals surface area contributed by atoms with Crippen molar-refractivity contribution in [2.45, 2.75) is 19.4 Å². The van der Waals surface area contributed by atoms with Gasteiger partial charge < -0.3 is 10.2 Å². The Balaban J connectivity index is 3.77. The third kappa shape index (κ3) is 6.73. The second-order valence-electron chi connectivity index (χ2n) is 2.13. The summed E-state index contributed by atoms with van der Waals surface area (Å²) >= 11 is 0. The zero-order chi connectivity index (χ0) is 8.85. The molecule has 11 heavy (non-hydrogen) atoms. The minimum atomic E-state index is -1.09. The molecule has 0 aliphatic carbocycles. The molecule has 0 aromatic heterocycles. The van der Waals surface area contributed by atoms with Crippen molar-refractivity contribution in [2.75, 3.05) is 0 Å². The van der Waals surface area contributed by atoms with Crippen LogP contribution in [0, 0.1) is 0 Å². The van der Waals surface area contributed by atoms with Crippen molar-refractivity contribution >= 4 is 11.8 Å². The first kappa shape index (κ1) is 9.84. The van der Waals surface area contributed by atoms with Crippen LogP contribution in [0.2, 0.25) is 0 Å². The van der Waals surface area contributed by atoms with Gasteiger partial charge in [-0.2, -0.15) is 0 Å². The molecule has 0 radical (unpaired) electrons. The molecule has 0 rings (SSSR count). The van der Waals surface area contributed by atoms with Gasteiger partial charge in [-0.1, -0.05) is 6.08 Å². The second kappa shape index (κ2) is 4.62. The number of hydrogen-bond donors (Lipinski definition) is 2. The molecule has 0 aromatic rings. The van der Waals surface area contributed by atoms with Crippen LogP contribution in [0.3, 0.4) is 0 Å². The van der Waals surface area contributed by atoms with Gasteiger partial charge in [0.1, 0.15) is 0 Å². The number of carbonyl (C=O) groups is 2. The van der Waals surface area contributed by atoms with E-state index >= 15 is 0 Å². The normalized spacial score (nSPS) is 13.3. The molecule has 1 atom stereocenters. The Morgan fingerprint density at radius 1 is 1.55 bits per heavy atom. The van der Waals surface area contributed by atoms with Gasteiger partial charge in [-0.05, 0) is 13.0 Å². The Hall–Kier alpha value is -1.16. The van der Waals surface area contributed by atoms with Crippen LogP contribution >= 0.6 is 0 Å². The van der Waals surface area contributed by atoms with Crippen LogP contribution in [-0.4, -0.2) is 28.1 Å². The maximum atomic E-state index is 10.3. The topological polar surface area (TPSA) is 74.6 Å². The van der Waals surface area contributed by atoms with Gasteiger partial charge in [0, 0.05) is 0 Å². The van der Waals surface area contributed by atoms with Gasteiger partial charge in [-0.15, -0.1) is 0 Å². The van der Waals surface area contributed by atoms with Gasteiger partial charge in [0.05, 0.1) is 12.5 Å². The summed E-state index contributed by atoms with van der Waals surface area (Å²) in [5, 5.41) is 17.0. The molecule has 0 aliphatic heterocycles. The van der Waals surface area contributed by atoms with Gasteiger partial charge in [0.15, 0.2) is 5.78 Å². The Labute approximate surface area is 64.2 Å². The smallest absolute Gasteiger partial charge is 0.306 e. The van der Waals surface area contributed by atoms with E-state index in [0.29, 0.717) is 0 Å². The van der Waals surface area contributed by atoms with Crippen LogP contribution in [-0.2, 0) is 9.59 Å². The lowest BCUT2D eigenvalue weighted by molar-refractivity contribution is -0.138. The van der Waals surface area contributed by atoms with Gasteiger partial charge in [-0.3, -0.25) is 9.59 Å². The predicted molar refractivity (Wildman–Crippen MR) is 38.1 cm³/mol. The molecule has 0 aromatic carbocycles. The molecule has 0 aliphatic rings. The van der Waals surface area contributed by atoms with Crippen LogP contribution in [0.4, 0.5) is 0 Å². The number of ketones is 1. The van der Waals surface area contributed by atoms with E-state index in [2.05, 4.69) is 0 Å². The van der Waals surface area contributed by atoms with Crippen LogP contribution in [0.5, 0.6) is 0 Å². The Kier molecular flexibility index (Phi) is 4.14. The summed E-state index contributed by atoms with van der Waals surface area (Å²) < 4.78 is 0. The Morgan fingerprint density at radius 2 is 2.09 bits per heavy atom. The number of rotatable bonds is 4. The molecule has 0 fully saturated rings. The monoisotopic (exact) mass is 158 g/mol. The number of carboxylic acids is 1. The van der Waals surface area contributed by atoms with Crippen molar-refractivity contribution in [3.8, 4) is 0 Å². The zero-order valence-electron chi connectivity index (χ0n) is 6.15. The fourth-order valence-electron chi connectivity index (χ4n) is 0.494. The molecule has 0 bridgehead atoms. The molecule has 4 nitrogen and oxygen atoms in total. The highest BCUT2D eigenvalue weighted by atomic mass is 16.4. The number of aliphatic carboxylic acids is 1. The van der Waals surface area contributed by atoms with E-state index in [9.17, 15) is 9.59 Å². The third-order valence-corrected chi connectivity index (χ3v) is 0.937. The SMILES string of the molecule is CC(=O)/C=C/C(O)CC(=O)O. The minimum Gasteiger partial charge on any atom is -0.481 e. The first-order chi connectivity index (χ1) is 5.02. The van der Waals surface area contributed by atoms with E-state index < -0.39 is 12.1 Å². The summed E-state index contributed by atoms with van der Waals surface area (Å²) in [6.45, 7) is 1.32. The lowest BCUT2D eigenvalue weighted by Gasteiger charge is -1.98. The van der Waals surface area contributed by atoms with Gasteiger partial charge in [0.2, 0.25) is 0 Å². The number of carboxylic acid groups (broad SMARTS) is 1. The summed E-state index contributed by atoms with van der Waals surface area (Å²) in [7, 11) is 0. The van der Waals surface area contributed by atoms with Crippen molar-refractivity contribution in [3.63, 3.8) is 0 Å². The fourth-order valence-corrected chi connectivity index (χ4v) is 0.494. The van der Waals surface area contributed by atoms with Gasteiger partial charge >= 0.3 is 5.97 Å². The average molecular weight is 158 g/mol. The molecule has 4 heteroatoms. The molecular formula is C7H10O4. The summed E-state index contributed by atoms with van der Waals surface area (Å²) in [6.07, 6.45) is 0.866. The van der Waals surface area contributed by atoms with Crippen LogP contribution in [0.15, 0.2) is 12.2 Å². The van der Waals surface area contributed by atoms with Crippen LogP contribution in [0.1, 0.15) is 13.3 Å². The van der Waals surface area contributed by atoms with Gasteiger partial charge in [-0.25, -0.2) is 0 Å². The quantitative estimate of drug-likeness (QED) is 0.563. The predicted octanol–water partition coefficient (Wildman–Crippen LogP) is -0.0328. The van der Waals surface area contributed by atoms with Crippen molar-refractivity contribution in [1.82, 2.24) is 0 Å². The minimum absolute atomic E-state index is 0.213. The highest BCUT2D eigenvalue weighted by molar-refractivity contribution is 5.87. The lowest BCUT2D eigenvalue weighted by Crippen LogP contribution is -2.09. The maximum Gasteiger partial charge on any atom is 0.306 e. The molecule has 0 saturated carbocycles. The first-order valence-corrected chi connectivity index (χ1v) is 3.11.